The van der Waals surface area contributed by atoms with Crippen LogP contribution in [0.25, 0.3) is 0 Å². The van der Waals surface area contributed by atoms with E-state index in [1.807, 2.05) is 5.43 Å². The van der Waals surface area contributed by atoms with Gasteiger partial charge < -0.3 is 25.3 Å². The molecule has 150 valence electrons. The number of hydrogen-bond donors (Lipinski definition) is 6. The maximum absolute atomic E-state index is 12.0. The van der Waals surface area contributed by atoms with Crippen molar-refractivity contribution in [1.29, 1.82) is 0 Å². The van der Waals surface area contributed by atoms with Crippen LogP contribution in [0.2, 0.25) is 0 Å². The molecule has 0 fully saturated rings. The first kappa shape index (κ1) is 19.8. The number of benzene rings is 3. The van der Waals surface area contributed by atoms with Gasteiger partial charge in [0.05, 0.1) is 5.56 Å². The van der Waals surface area contributed by atoms with Crippen LogP contribution in [0.1, 0.15) is 21.5 Å². The molecule has 3 aromatic carbocycles. The molecule has 7 N–H and O–H groups in total. The van der Waals surface area contributed by atoms with Crippen molar-refractivity contribution in [2.75, 3.05) is 4.90 Å². The van der Waals surface area contributed by atoms with Crippen molar-refractivity contribution < 1.29 is 25.2 Å². The highest BCUT2D eigenvalue weighted by Crippen LogP contribution is 2.31. The number of phenolic OH excluding ortho intramolecular Hbond substituents is 4. The van der Waals surface area contributed by atoms with Gasteiger partial charge in [-0.3, -0.25) is 10.2 Å². The van der Waals surface area contributed by atoms with E-state index >= 15 is 0 Å². The molecule has 0 unspecified atom stereocenters. The predicted octanol–water partition coefficient (Wildman–Crippen LogP) is 2.32. The standard InChI is InChI=1S/C21H21N3O5/c22-23-21(29)17-10-15(5-7-20(17)28)24(11-13-3-1-2-4-18(13)26)12-14-9-16(25)6-8-19(14)27/h1-10,25-28H,11-12,22H2,(H,23,29). The number of hydrogen-bond acceptors (Lipinski definition) is 7. The monoisotopic (exact) mass is 395 g/mol. The number of aromatic hydroxyl groups is 4. The van der Waals surface area contributed by atoms with Crippen molar-refractivity contribution in [2.24, 2.45) is 5.84 Å². The maximum atomic E-state index is 12.0. The third-order valence-electron chi connectivity index (χ3n) is 4.50. The zero-order valence-corrected chi connectivity index (χ0v) is 15.4. The molecule has 0 aliphatic rings. The SMILES string of the molecule is NNC(=O)c1cc(N(Cc2ccccc2O)Cc2cc(O)ccc2O)ccc1O. The number of hydrazine groups is 1. The first-order chi connectivity index (χ1) is 13.9. The molecule has 0 aromatic heterocycles. The van der Waals surface area contributed by atoms with E-state index in [0.29, 0.717) is 16.8 Å². The maximum Gasteiger partial charge on any atom is 0.269 e. The lowest BCUT2D eigenvalue weighted by atomic mass is 10.1. The predicted molar refractivity (Wildman–Crippen MR) is 108 cm³/mol. The summed E-state index contributed by atoms with van der Waals surface area (Å²) in [5.74, 6) is 4.37. The van der Waals surface area contributed by atoms with Gasteiger partial charge in [-0.15, -0.1) is 0 Å². The molecule has 1 amide bonds. The first-order valence-electron chi connectivity index (χ1n) is 8.75. The summed E-state index contributed by atoms with van der Waals surface area (Å²) in [5, 5.41) is 40.1. The quantitative estimate of drug-likeness (QED) is 0.163. The molecule has 0 spiro atoms. The Labute approximate surface area is 167 Å². The molecule has 0 saturated carbocycles. The lowest BCUT2D eigenvalue weighted by molar-refractivity contribution is 0.0951. The fourth-order valence-corrected chi connectivity index (χ4v) is 2.97. The second kappa shape index (κ2) is 8.41. The minimum Gasteiger partial charge on any atom is -0.508 e. The zero-order valence-electron chi connectivity index (χ0n) is 15.4. The number of nitrogens with two attached hydrogens (primary N) is 1. The van der Waals surface area contributed by atoms with E-state index in [-0.39, 0.29) is 41.7 Å². The third kappa shape index (κ3) is 4.50. The lowest BCUT2D eigenvalue weighted by Gasteiger charge is -2.26. The van der Waals surface area contributed by atoms with E-state index in [2.05, 4.69) is 0 Å². The van der Waals surface area contributed by atoms with Crippen LogP contribution in [-0.2, 0) is 13.1 Å². The van der Waals surface area contributed by atoms with Crippen molar-refractivity contribution in [3.05, 3.63) is 77.4 Å². The second-order valence-corrected chi connectivity index (χ2v) is 6.47. The van der Waals surface area contributed by atoms with E-state index in [4.69, 9.17) is 5.84 Å². The van der Waals surface area contributed by atoms with Gasteiger partial charge in [-0.2, -0.15) is 0 Å². The van der Waals surface area contributed by atoms with Crippen LogP contribution in [0.3, 0.4) is 0 Å². The molecule has 0 aliphatic carbocycles. The molecule has 8 nitrogen and oxygen atoms in total. The Morgan fingerprint density at radius 1 is 0.828 bits per heavy atom. The summed E-state index contributed by atoms with van der Waals surface area (Å²) in [6.07, 6.45) is 0. The number of nitrogen functional groups attached to an aromatic ring is 1. The summed E-state index contributed by atoms with van der Waals surface area (Å²) in [5.41, 5.74) is 3.56. The number of anilines is 1. The second-order valence-electron chi connectivity index (χ2n) is 6.47. The number of amides is 1. The van der Waals surface area contributed by atoms with Crippen molar-refractivity contribution in [3.63, 3.8) is 0 Å². The number of para-hydroxylation sites is 1. The lowest BCUT2D eigenvalue weighted by Crippen LogP contribution is -2.30. The highest BCUT2D eigenvalue weighted by Gasteiger charge is 2.17. The molecule has 0 atom stereocenters. The average Bonchev–Trinajstić information content (AvgIpc) is 2.71. The van der Waals surface area contributed by atoms with Gasteiger partial charge in [0.1, 0.15) is 23.0 Å². The van der Waals surface area contributed by atoms with Crippen LogP contribution >= 0.6 is 0 Å². The highest BCUT2D eigenvalue weighted by molar-refractivity contribution is 5.97. The molecular weight excluding hydrogens is 374 g/mol. The van der Waals surface area contributed by atoms with Crippen LogP contribution in [0.5, 0.6) is 23.0 Å². The molecule has 3 aromatic rings. The van der Waals surface area contributed by atoms with Gasteiger partial charge in [-0.25, -0.2) is 5.84 Å². The Morgan fingerprint density at radius 3 is 2.21 bits per heavy atom. The Morgan fingerprint density at radius 2 is 1.48 bits per heavy atom. The smallest absolute Gasteiger partial charge is 0.269 e. The Hall–Kier alpha value is -3.91. The molecule has 0 bridgehead atoms. The number of carbonyl (C=O) groups excluding carboxylic acids is 1. The van der Waals surface area contributed by atoms with Crippen LogP contribution < -0.4 is 16.2 Å². The van der Waals surface area contributed by atoms with Crippen molar-refractivity contribution in [2.45, 2.75) is 13.1 Å². The molecule has 0 aliphatic heterocycles. The number of carbonyl (C=O) groups is 1. The molecule has 29 heavy (non-hydrogen) atoms. The topological polar surface area (TPSA) is 139 Å². The zero-order chi connectivity index (χ0) is 21.0. The molecule has 0 radical (unpaired) electrons. The fraction of sp³-hybridized carbons (Fsp3) is 0.0952. The Balaban J connectivity index is 2.04. The van der Waals surface area contributed by atoms with Gasteiger partial charge >= 0.3 is 0 Å². The minimum atomic E-state index is -0.660. The van der Waals surface area contributed by atoms with E-state index in [0.717, 1.165) is 0 Å². The normalized spacial score (nSPS) is 10.5. The molecule has 0 heterocycles. The van der Waals surface area contributed by atoms with E-state index in [1.165, 1.54) is 30.3 Å². The highest BCUT2D eigenvalue weighted by atomic mass is 16.3. The van der Waals surface area contributed by atoms with Crippen molar-refractivity contribution >= 4 is 11.6 Å². The van der Waals surface area contributed by atoms with E-state index < -0.39 is 5.91 Å². The van der Waals surface area contributed by atoms with Crippen LogP contribution in [0.4, 0.5) is 5.69 Å². The summed E-state index contributed by atoms with van der Waals surface area (Å²) in [7, 11) is 0. The summed E-state index contributed by atoms with van der Waals surface area (Å²) < 4.78 is 0. The molecule has 0 saturated heterocycles. The molecule has 3 rings (SSSR count). The summed E-state index contributed by atoms with van der Waals surface area (Å²) in [6.45, 7) is 0.388. The van der Waals surface area contributed by atoms with Crippen molar-refractivity contribution in [1.82, 2.24) is 5.43 Å². The van der Waals surface area contributed by atoms with Crippen LogP contribution in [-0.4, -0.2) is 26.3 Å². The number of rotatable bonds is 6. The van der Waals surface area contributed by atoms with Gasteiger partial charge in [-0.1, -0.05) is 18.2 Å². The Bertz CT molecular complexity index is 1040. The van der Waals surface area contributed by atoms with Gasteiger partial charge in [-0.05, 0) is 42.5 Å². The molecule has 8 heteroatoms. The number of nitrogens with zero attached hydrogens (tertiary/aromatic N) is 1. The van der Waals surface area contributed by atoms with Crippen molar-refractivity contribution in [3.8, 4) is 23.0 Å². The third-order valence-corrected chi connectivity index (χ3v) is 4.50. The summed E-state index contributed by atoms with van der Waals surface area (Å²) in [4.78, 5) is 13.7. The fourth-order valence-electron chi connectivity index (χ4n) is 2.97. The first-order valence-corrected chi connectivity index (χ1v) is 8.75. The summed E-state index contributed by atoms with van der Waals surface area (Å²) in [6, 6.07) is 15.4. The van der Waals surface area contributed by atoms with E-state index in [1.54, 1.807) is 35.2 Å². The van der Waals surface area contributed by atoms with Crippen LogP contribution in [0.15, 0.2) is 60.7 Å². The number of phenols is 4. The summed E-state index contributed by atoms with van der Waals surface area (Å²) >= 11 is 0. The van der Waals surface area contributed by atoms with E-state index in [9.17, 15) is 25.2 Å². The van der Waals surface area contributed by atoms with Gasteiger partial charge in [0, 0.05) is 29.9 Å². The molecular formula is C21H21N3O5. The Kier molecular flexibility index (Phi) is 5.75. The minimum absolute atomic E-state index is 0.00536. The average molecular weight is 395 g/mol. The number of nitrogens with one attached hydrogen (secondary N) is 1. The van der Waals surface area contributed by atoms with Gasteiger partial charge in [0.15, 0.2) is 0 Å². The largest absolute Gasteiger partial charge is 0.508 e. The van der Waals surface area contributed by atoms with Gasteiger partial charge in [0.2, 0.25) is 0 Å². The van der Waals surface area contributed by atoms with Crippen LogP contribution in [0, 0.1) is 0 Å². The van der Waals surface area contributed by atoms with Gasteiger partial charge in [0.25, 0.3) is 5.91 Å².